The summed E-state index contributed by atoms with van der Waals surface area (Å²) in [5, 5.41) is 17.3. The average molecular weight is 324 g/mol. The quantitative estimate of drug-likeness (QED) is 0.783. The van der Waals surface area contributed by atoms with E-state index in [2.05, 4.69) is 23.6 Å². The van der Waals surface area contributed by atoms with E-state index < -0.39 is 0 Å². The minimum absolute atomic E-state index is 0.0268. The molecule has 2 unspecified atom stereocenters. The fourth-order valence-corrected chi connectivity index (χ4v) is 3.03. The third-order valence-electron chi connectivity index (χ3n) is 4.29. The molecule has 0 radical (unpaired) electrons. The number of hydrogen-bond acceptors (Lipinski definition) is 4. The van der Waals surface area contributed by atoms with E-state index in [9.17, 15) is 5.11 Å². The van der Waals surface area contributed by atoms with Gasteiger partial charge in [-0.25, -0.2) is 0 Å². The molecule has 3 N–H and O–H groups in total. The van der Waals surface area contributed by atoms with Gasteiger partial charge in [0, 0.05) is 11.3 Å². The minimum atomic E-state index is -0.0268. The Hall–Kier alpha value is -2.46. The van der Waals surface area contributed by atoms with Gasteiger partial charge < -0.3 is 15.2 Å². The first-order valence-electron chi connectivity index (χ1n) is 8.38. The smallest absolute Gasteiger partial charge is 0.120 e. The molecule has 1 aliphatic rings. The highest BCUT2D eigenvalue weighted by atomic mass is 16.5. The van der Waals surface area contributed by atoms with E-state index in [4.69, 9.17) is 4.74 Å². The highest BCUT2D eigenvalue weighted by Gasteiger charge is 2.23. The predicted molar refractivity (Wildman–Crippen MR) is 96.8 cm³/mol. The summed E-state index contributed by atoms with van der Waals surface area (Å²) in [6.45, 7) is 2.17. The van der Waals surface area contributed by atoms with Crippen molar-refractivity contribution in [3.63, 3.8) is 0 Å². The maximum absolute atomic E-state index is 10.2. The molecule has 4 heteroatoms. The monoisotopic (exact) mass is 324 g/mol. The molecular formula is C20H24N2O2. The number of para-hydroxylation sites is 1. The lowest BCUT2D eigenvalue weighted by molar-refractivity contribution is 0.390. The Bertz CT molecular complexity index is 710. The number of benzene rings is 2. The fraction of sp³-hybridized carbons (Fsp3) is 0.300. The molecule has 0 fully saturated rings. The Morgan fingerprint density at radius 3 is 2.50 bits per heavy atom. The third-order valence-corrected chi connectivity index (χ3v) is 4.29. The van der Waals surface area contributed by atoms with Gasteiger partial charge in [0.25, 0.3) is 0 Å². The van der Waals surface area contributed by atoms with E-state index in [1.165, 1.54) is 0 Å². The molecule has 0 spiro atoms. The molecule has 24 heavy (non-hydrogen) atoms. The number of nitrogens with one attached hydrogen (secondary N) is 2. The van der Waals surface area contributed by atoms with Gasteiger partial charge in [-0.3, -0.25) is 5.32 Å². The second kappa shape index (κ2) is 7.41. The van der Waals surface area contributed by atoms with Gasteiger partial charge in [0.05, 0.1) is 19.3 Å². The molecule has 0 aromatic heterocycles. The van der Waals surface area contributed by atoms with Crippen LogP contribution in [0.4, 0.5) is 0 Å². The maximum Gasteiger partial charge on any atom is 0.120 e. The molecular weight excluding hydrogens is 300 g/mol. The molecule has 3 rings (SSSR count). The molecule has 1 heterocycles. The third kappa shape index (κ3) is 3.54. The first-order valence-corrected chi connectivity index (χ1v) is 8.38. The van der Waals surface area contributed by atoms with E-state index in [-0.39, 0.29) is 12.2 Å². The second-order valence-electron chi connectivity index (χ2n) is 6.00. The van der Waals surface area contributed by atoms with E-state index in [0.717, 1.165) is 35.4 Å². The zero-order chi connectivity index (χ0) is 16.9. The maximum atomic E-state index is 10.2. The van der Waals surface area contributed by atoms with Crippen molar-refractivity contribution in [2.75, 3.05) is 7.11 Å². The van der Waals surface area contributed by atoms with Crippen LogP contribution in [0, 0.1) is 0 Å². The van der Waals surface area contributed by atoms with Crippen LogP contribution in [-0.4, -0.2) is 18.4 Å². The Kier molecular flexibility index (Phi) is 5.06. The van der Waals surface area contributed by atoms with Crippen molar-refractivity contribution in [2.45, 2.75) is 32.0 Å². The number of phenolic OH excluding ortho intramolecular Hbond substituents is 1. The molecule has 2 aromatic rings. The van der Waals surface area contributed by atoms with Gasteiger partial charge >= 0.3 is 0 Å². The molecule has 0 bridgehead atoms. The number of methoxy groups -OCH3 is 1. The predicted octanol–water partition coefficient (Wildman–Crippen LogP) is 3.80. The summed E-state index contributed by atoms with van der Waals surface area (Å²) < 4.78 is 5.24. The molecule has 4 nitrogen and oxygen atoms in total. The molecule has 0 saturated carbocycles. The Balaban J connectivity index is 1.94. The van der Waals surface area contributed by atoms with Crippen LogP contribution in [0.5, 0.6) is 11.5 Å². The molecule has 0 saturated heterocycles. The Morgan fingerprint density at radius 1 is 1.08 bits per heavy atom. The summed E-state index contributed by atoms with van der Waals surface area (Å²) in [6, 6.07) is 15.5. The second-order valence-corrected chi connectivity index (χ2v) is 6.00. The van der Waals surface area contributed by atoms with Crippen LogP contribution in [0.15, 0.2) is 54.6 Å². The standard InChI is InChI=1S/C20H24N2O2/c1-3-6-20-21-17(14-9-11-15(24-2)12-10-14)13-18(22-20)16-7-4-5-8-19(16)23/h4-5,7-13,18,20-23H,3,6H2,1-2H3. The van der Waals surface area contributed by atoms with Crippen LogP contribution in [0.1, 0.15) is 36.9 Å². The van der Waals surface area contributed by atoms with Crippen LogP contribution in [0.2, 0.25) is 0 Å². The van der Waals surface area contributed by atoms with Crippen molar-refractivity contribution in [3.8, 4) is 11.5 Å². The Morgan fingerprint density at radius 2 is 1.83 bits per heavy atom. The van der Waals surface area contributed by atoms with Crippen molar-refractivity contribution in [2.24, 2.45) is 0 Å². The van der Waals surface area contributed by atoms with E-state index in [1.807, 2.05) is 42.5 Å². The molecule has 1 aliphatic heterocycles. The van der Waals surface area contributed by atoms with Gasteiger partial charge in [0.15, 0.2) is 0 Å². The highest BCUT2D eigenvalue weighted by molar-refractivity contribution is 5.67. The summed E-state index contributed by atoms with van der Waals surface area (Å²) in [5.74, 6) is 1.16. The van der Waals surface area contributed by atoms with Gasteiger partial charge in [0.1, 0.15) is 11.5 Å². The van der Waals surface area contributed by atoms with Crippen LogP contribution >= 0.6 is 0 Å². The van der Waals surface area contributed by atoms with Crippen LogP contribution in [0.3, 0.4) is 0 Å². The fourth-order valence-electron chi connectivity index (χ4n) is 3.03. The van der Waals surface area contributed by atoms with Crippen LogP contribution < -0.4 is 15.4 Å². The first-order chi connectivity index (χ1) is 11.7. The number of rotatable bonds is 5. The van der Waals surface area contributed by atoms with Crippen molar-refractivity contribution in [1.29, 1.82) is 0 Å². The minimum Gasteiger partial charge on any atom is -0.508 e. The number of hydrogen-bond donors (Lipinski definition) is 3. The van der Waals surface area contributed by atoms with Gasteiger partial charge in [-0.2, -0.15) is 0 Å². The lowest BCUT2D eigenvalue weighted by atomic mass is 9.98. The lowest BCUT2D eigenvalue weighted by Crippen LogP contribution is -2.46. The largest absolute Gasteiger partial charge is 0.508 e. The summed E-state index contributed by atoms with van der Waals surface area (Å²) in [7, 11) is 1.67. The van der Waals surface area contributed by atoms with E-state index in [0.29, 0.717) is 5.75 Å². The van der Waals surface area contributed by atoms with Gasteiger partial charge in [-0.05, 0) is 48.4 Å². The average Bonchev–Trinajstić information content (AvgIpc) is 2.62. The van der Waals surface area contributed by atoms with Gasteiger partial charge in [-0.1, -0.05) is 31.5 Å². The SMILES string of the molecule is CCCC1NC(c2ccc(OC)cc2)=CC(c2ccccc2O)N1. The normalized spacial score (nSPS) is 20.2. The van der Waals surface area contributed by atoms with Gasteiger partial charge in [0.2, 0.25) is 0 Å². The number of phenols is 1. The molecule has 2 aromatic carbocycles. The number of ether oxygens (including phenoxy) is 1. The van der Waals surface area contributed by atoms with Crippen molar-refractivity contribution >= 4 is 5.70 Å². The molecule has 126 valence electrons. The van der Waals surface area contributed by atoms with Crippen LogP contribution in [0.25, 0.3) is 5.70 Å². The molecule has 0 aliphatic carbocycles. The van der Waals surface area contributed by atoms with Gasteiger partial charge in [-0.15, -0.1) is 0 Å². The van der Waals surface area contributed by atoms with Crippen molar-refractivity contribution < 1.29 is 9.84 Å². The Labute approximate surface area is 143 Å². The summed E-state index contributed by atoms with van der Waals surface area (Å²) in [4.78, 5) is 0. The number of aromatic hydroxyl groups is 1. The summed E-state index contributed by atoms with van der Waals surface area (Å²) in [5.41, 5.74) is 3.08. The molecule has 0 amide bonds. The van der Waals surface area contributed by atoms with Crippen LogP contribution in [-0.2, 0) is 0 Å². The summed E-state index contributed by atoms with van der Waals surface area (Å²) in [6.07, 6.45) is 4.39. The van der Waals surface area contributed by atoms with E-state index >= 15 is 0 Å². The summed E-state index contributed by atoms with van der Waals surface area (Å²) >= 11 is 0. The van der Waals surface area contributed by atoms with E-state index in [1.54, 1.807) is 13.2 Å². The zero-order valence-electron chi connectivity index (χ0n) is 14.1. The van der Waals surface area contributed by atoms with Crippen molar-refractivity contribution in [3.05, 3.63) is 65.7 Å². The molecule has 2 atom stereocenters. The topological polar surface area (TPSA) is 53.5 Å². The highest BCUT2D eigenvalue weighted by Crippen LogP contribution is 2.30. The lowest BCUT2D eigenvalue weighted by Gasteiger charge is -2.33. The zero-order valence-corrected chi connectivity index (χ0v) is 14.1. The van der Waals surface area contributed by atoms with Crippen molar-refractivity contribution in [1.82, 2.24) is 10.6 Å². The first kappa shape index (κ1) is 16.4.